The molecule has 1 heterocycles. The molecule has 7 nitrogen and oxygen atoms in total. The summed E-state index contributed by atoms with van der Waals surface area (Å²) in [5.74, 6) is -3.05. The number of hydrogen-bond acceptors (Lipinski definition) is 4. The Morgan fingerprint density at radius 2 is 2.17 bits per heavy atom. The Kier molecular flexibility index (Phi) is 4.40. The maximum absolute atomic E-state index is 12.4. The van der Waals surface area contributed by atoms with E-state index in [4.69, 9.17) is 0 Å². The summed E-state index contributed by atoms with van der Waals surface area (Å²) in [6.07, 6.45) is -0.571. The van der Waals surface area contributed by atoms with E-state index in [1.165, 1.54) is 0 Å². The summed E-state index contributed by atoms with van der Waals surface area (Å²) in [4.78, 5) is 24.4. The lowest BCUT2D eigenvalue weighted by molar-refractivity contribution is -0.392. The minimum atomic E-state index is -2.52. The van der Waals surface area contributed by atoms with Crippen LogP contribution in [0, 0.1) is 10.1 Å². The van der Waals surface area contributed by atoms with Crippen LogP contribution in [0.25, 0.3) is 0 Å². The zero-order valence-electron chi connectivity index (χ0n) is 8.77. The molecule has 0 radical (unpaired) electrons. The molecule has 0 aromatic carbocycles. The smallest absolute Gasteiger partial charge is 0.343 e. The maximum atomic E-state index is 12.4. The van der Waals surface area contributed by atoms with Gasteiger partial charge < -0.3 is 15.4 Å². The molecule has 1 N–H and O–H groups in total. The summed E-state index contributed by atoms with van der Waals surface area (Å²) in [7, 11) is 0. The molecule has 0 aliphatic rings. The molecule has 10 heteroatoms. The monoisotopic (exact) mass is 264 g/mol. The topological polar surface area (TPSA) is 90.1 Å². The number of carbonyl (C=O) groups excluding carboxylic acids is 1. The highest BCUT2D eigenvalue weighted by Crippen LogP contribution is 2.09. The van der Waals surface area contributed by atoms with Crippen molar-refractivity contribution in [1.82, 2.24) is 14.9 Å². The SMILES string of the molecule is O=C(Cn1cncc1[N+](=O)[O-])NCC(F)=C(F)F. The third-order valence-corrected chi connectivity index (χ3v) is 1.84. The lowest BCUT2D eigenvalue weighted by atomic mass is 10.5. The molecule has 1 rings (SSSR count). The van der Waals surface area contributed by atoms with E-state index in [1.54, 1.807) is 0 Å². The van der Waals surface area contributed by atoms with Gasteiger partial charge in [0, 0.05) is 0 Å². The number of hydrogen-bond donors (Lipinski definition) is 1. The first-order chi connectivity index (χ1) is 8.41. The van der Waals surface area contributed by atoms with Crippen molar-refractivity contribution in [3.05, 3.63) is 34.5 Å². The van der Waals surface area contributed by atoms with Gasteiger partial charge >= 0.3 is 11.9 Å². The van der Waals surface area contributed by atoms with Gasteiger partial charge in [0.15, 0.2) is 18.7 Å². The van der Waals surface area contributed by atoms with Crippen LogP contribution in [0.4, 0.5) is 19.0 Å². The van der Waals surface area contributed by atoms with Gasteiger partial charge in [-0.3, -0.25) is 4.79 Å². The first-order valence-corrected chi connectivity index (χ1v) is 4.52. The molecule has 1 aromatic rings. The molecule has 0 aliphatic carbocycles. The molecule has 0 unspecified atom stereocenters. The Morgan fingerprint density at radius 3 is 2.72 bits per heavy atom. The normalized spacial score (nSPS) is 9.94. The van der Waals surface area contributed by atoms with Crippen molar-refractivity contribution < 1.29 is 22.9 Å². The van der Waals surface area contributed by atoms with Gasteiger partial charge in [-0.25, -0.2) is 13.9 Å². The third-order valence-electron chi connectivity index (χ3n) is 1.84. The van der Waals surface area contributed by atoms with Crippen LogP contribution in [0.15, 0.2) is 24.4 Å². The molecule has 0 atom stereocenters. The molecular formula is C8H7F3N4O3. The van der Waals surface area contributed by atoms with Crippen LogP contribution in [0.3, 0.4) is 0 Å². The molecule has 0 saturated carbocycles. The van der Waals surface area contributed by atoms with Crippen molar-refractivity contribution in [2.45, 2.75) is 6.54 Å². The van der Waals surface area contributed by atoms with E-state index in [2.05, 4.69) is 4.98 Å². The van der Waals surface area contributed by atoms with Gasteiger partial charge in [-0.05, 0) is 4.92 Å². The maximum Gasteiger partial charge on any atom is 0.343 e. The fourth-order valence-electron chi connectivity index (χ4n) is 1.04. The lowest BCUT2D eigenvalue weighted by Crippen LogP contribution is -2.29. The van der Waals surface area contributed by atoms with Crippen molar-refractivity contribution >= 4 is 11.7 Å². The molecular weight excluding hydrogens is 257 g/mol. The number of imidazole rings is 1. The van der Waals surface area contributed by atoms with Crippen LogP contribution in [0.1, 0.15) is 0 Å². The number of amides is 1. The molecule has 18 heavy (non-hydrogen) atoms. The van der Waals surface area contributed by atoms with Crippen molar-refractivity contribution in [1.29, 1.82) is 0 Å². The standard InChI is InChI=1S/C8H7F3N4O3/c9-5(8(10)11)1-13-6(16)3-14-4-12-2-7(14)15(17)18/h2,4H,1,3H2,(H,13,16). The zero-order valence-corrected chi connectivity index (χ0v) is 8.77. The van der Waals surface area contributed by atoms with E-state index in [0.29, 0.717) is 0 Å². The minimum absolute atomic E-state index is 0.433. The summed E-state index contributed by atoms with van der Waals surface area (Å²) in [5.41, 5.74) is 0. The number of carbonyl (C=O) groups is 1. The Bertz CT molecular complexity index is 496. The van der Waals surface area contributed by atoms with E-state index < -0.39 is 41.6 Å². The summed E-state index contributed by atoms with van der Waals surface area (Å²) < 4.78 is 36.6. The predicted molar refractivity (Wildman–Crippen MR) is 52.2 cm³/mol. The van der Waals surface area contributed by atoms with Crippen LogP contribution < -0.4 is 5.32 Å². The average molecular weight is 264 g/mol. The van der Waals surface area contributed by atoms with Crippen molar-refractivity contribution in [2.24, 2.45) is 0 Å². The zero-order chi connectivity index (χ0) is 13.7. The Balaban J connectivity index is 2.58. The van der Waals surface area contributed by atoms with E-state index in [9.17, 15) is 28.1 Å². The summed E-state index contributed by atoms with van der Waals surface area (Å²) >= 11 is 0. The second-order valence-corrected chi connectivity index (χ2v) is 3.08. The molecule has 1 amide bonds. The summed E-state index contributed by atoms with van der Waals surface area (Å²) in [6.45, 7) is -1.48. The number of nitrogens with one attached hydrogen (secondary N) is 1. The van der Waals surface area contributed by atoms with Crippen molar-refractivity contribution in [2.75, 3.05) is 6.54 Å². The highest BCUT2D eigenvalue weighted by atomic mass is 19.3. The Hall–Kier alpha value is -2.39. The molecule has 0 fully saturated rings. The van der Waals surface area contributed by atoms with Crippen LogP contribution in [0.5, 0.6) is 0 Å². The predicted octanol–water partition coefficient (Wildman–Crippen LogP) is 0.985. The first-order valence-electron chi connectivity index (χ1n) is 4.52. The van der Waals surface area contributed by atoms with E-state index >= 15 is 0 Å². The number of nitro groups is 1. The molecule has 1 aromatic heterocycles. The van der Waals surface area contributed by atoms with E-state index in [1.807, 2.05) is 5.32 Å². The summed E-state index contributed by atoms with van der Waals surface area (Å²) in [6, 6.07) is 0. The second-order valence-electron chi connectivity index (χ2n) is 3.08. The van der Waals surface area contributed by atoms with Crippen molar-refractivity contribution in [3.8, 4) is 0 Å². The second kappa shape index (κ2) is 5.80. The molecule has 0 aliphatic heterocycles. The van der Waals surface area contributed by atoms with Crippen LogP contribution in [-0.2, 0) is 11.3 Å². The van der Waals surface area contributed by atoms with Gasteiger partial charge in [-0.1, -0.05) is 0 Å². The van der Waals surface area contributed by atoms with Crippen LogP contribution in [-0.4, -0.2) is 26.9 Å². The number of nitrogens with zero attached hydrogens (tertiary/aromatic N) is 3. The average Bonchev–Trinajstić information content (AvgIpc) is 2.73. The summed E-state index contributed by atoms with van der Waals surface area (Å²) in [5, 5.41) is 12.3. The van der Waals surface area contributed by atoms with Gasteiger partial charge in [0.25, 0.3) is 5.91 Å². The molecule has 0 saturated heterocycles. The number of rotatable bonds is 5. The van der Waals surface area contributed by atoms with Crippen LogP contribution >= 0.6 is 0 Å². The Labute approximate surface area is 98.1 Å². The van der Waals surface area contributed by atoms with Gasteiger partial charge in [0.05, 0.1) is 6.54 Å². The van der Waals surface area contributed by atoms with Crippen LogP contribution in [0.2, 0.25) is 0 Å². The first kappa shape index (κ1) is 13.7. The quantitative estimate of drug-likeness (QED) is 0.634. The number of halogens is 3. The Morgan fingerprint density at radius 1 is 1.50 bits per heavy atom. The van der Waals surface area contributed by atoms with Gasteiger partial charge in [-0.15, -0.1) is 0 Å². The number of aromatic nitrogens is 2. The highest BCUT2D eigenvalue weighted by Gasteiger charge is 2.16. The highest BCUT2D eigenvalue weighted by molar-refractivity contribution is 5.76. The van der Waals surface area contributed by atoms with Gasteiger partial charge in [0.2, 0.25) is 0 Å². The molecule has 98 valence electrons. The largest absolute Gasteiger partial charge is 0.358 e. The minimum Gasteiger partial charge on any atom is -0.358 e. The van der Waals surface area contributed by atoms with Crippen molar-refractivity contribution in [3.63, 3.8) is 0 Å². The fraction of sp³-hybridized carbons (Fsp3) is 0.250. The lowest BCUT2D eigenvalue weighted by Gasteiger charge is -2.02. The van der Waals surface area contributed by atoms with Gasteiger partial charge in [0.1, 0.15) is 6.20 Å². The molecule has 0 bridgehead atoms. The third kappa shape index (κ3) is 3.57. The van der Waals surface area contributed by atoms with E-state index in [-0.39, 0.29) is 0 Å². The van der Waals surface area contributed by atoms with E-state index in [0.717, 1.165) is 17.1 Å². The fourth-order valence-corrected chi connectivity index (χ4v) is 1.04. The molecule has 0 spiro atoms. The van der Waals surface area contributed by atoms with Gasteiger partial charge in [-0.2, -0.15) is 8.78 Å².